The fourth-order valence-electron chi connectivity index (χ4n) is 1.06. The number of alkyl halides is 1. The molecule has 12 heavy (non-hydrogen) atoms. The highest BCUT2D eigenvalue weighted by Crippen LogP contribution is 2.23. The van der Waals surface area contributed by atoms with Crippen LogP contribution in [0.3, 0.4) is 0 Å². The Morgan fingerprint density at radius 1 is 1.17 bits per heavy atom. The van der Waals surface area contributed by atoms with Crippen molar-refractivity contribution in [3.63, 3.8) is 0 Å². The van der Waals surface area contributed by atoms with E-state index in [9.17, 15) is 5.11 Å². The van der Waals surface area contributed by atoms with Gasteiger partial charge in [-0.3, -0.25) is 0 Å². The van der Waals surface area contributed by atoms with Crippen LogP contribution >= 0.6 is 11.6 Å². The standard InChI is InChI=1S/C6H11ClO5/c7-3-2(1-8)12-6(11)5(10)4(3)9/h2-6,8-11H,1H2/t2-,3+,4-,5-,6?/m1/s1. The van der Waals surface area contributed by atoms with Crippen molar-refractivity contribution in [3.05, 3.63) is 0 Å². The molecule has 0 aromatic carbocycles. The molecule has 0 saturated carbocycles. The quantitative estimate of drug-likeness (QED) is 0.367. The number of ether oxygens (including phenoxy) is 1. The van der Waals surface area contributed by atoms with E-state index in [1.165, 1.54) is 0 Å². The molecule has 0 aliphatic carbocycles. The van der Waals surface area contributed by atoms with E-state index in [-0.39, 0.29) is 0 Å². The topological polar surface area (TPSA) is 90.2 Å². The summed E-state index contributed by atoms with van der Waals surface area (Å²) in [6, 6.07) is 0. The van der Waals surface area contributed by atoms with Gasteiger partial charge < -0.3 is 25.2 Å². The molecule has 1 saturated heterocycles. The third kappa shape index (κ3) is 1.71. The molecule has 1 unspecified atom stereocenters. The maximum Gasteiger partial charge on any atom is 0.183 e. The zero-order chi connectivity index (χ0) is 9.30. The van der Waals surface area contributed by atoms with E-state index in [4.69, 9.17) is 31.7 Å². The first-order chi connectivity index (χ1) is 5.57. The van der Waals surface area contributed by atoms with Gasteiger partial charge in [-0.05, 0) is 0 Å². The number of halogens is 1. The van der Waals surface area contributed by atoms with Crippen LogP contribution in [0.1, 0.15) is 0 Å². The first-order valence-corrected chi connectivity index (χ1v) is 3.96. The zero-order valence-corrected chi connectivity index (χ0v) is 6.92. The Morgan fingerprint density at radius 2 is 1.75 bits per heavy atom. The molecule has 1 heterocycles. The number of aliphatic hydroxyl groups excluding tert-OH is 4. The summed E-state index contributed by atoms with van der Waals surface area (Å²) in [7, 11) is 0. The predicted molar refractivity (Wildman–Crippen MR) is 39.6 cm³/mol. The van der Waals surface area contributed by atoms with E-state index in [1.807, 2.05) is 0 Å². The average Bonchev–Trinajstić information content (AvgIpc) is 2.08. The molecule has 1 rings (SSSR count). The average molecular weight is 199 g/mol. The van der Waals surface area contributed by atoms with E-state index >= 15 is 0 Å². The second-order valence-corrected chi connectivity index (χ2v) is 3.18. The molecule has 0 amide bonds. The Balaban J connectivity index is 2.63. The highest BCUT2D eigenvalue weighted by Gasteiger charge is 2.42. The van der Waals surface area contributed by atoms with Crippen molar-refractivity contribution in [1.82, 2.24) is 0 Å². The number of hydrogen-bond acceptors (Lipinski definition) is 5. The Kier molecular flexibility index (Phi) is 3.28. The van der Waals surface area contributed by atoms with Crippen LogP contribution in [-0.4, -0.2) is 57.0 Å². The monoisotopic (exact) mass is 198 g/mol. The van der Waals surface area contributed by atoms with Crippen LogP contribution in [0, 0.1) is 0 Å². The lowest BCUT2D eigenvalue weighted by molar-refractivity contribution is -0.249. The van der Waals surface area contributed by atoms with Crippen molar-refractivity contribution >= 4 is 11.6 Å². The van der Waals surface area contributed by atoms with Gasteiger partial charge in [0.1, 0.15) is 18.3 Å². The summed E-state index contributed by atoms with van der Waals surface area (Å²) in [6.07, 6.45) is -5.05. The molecule has 0 aromatic rings. The summed E-state index contributed by atoms with van der Waals surface area (Å²) in [5.74, 6) is 0. The van der Waals surface area contributed by atoms with Gasteiger partial charge in [0.2, 0.25) is 0 Å². The summed E-state index contributed by atoms with van der Waals surface area (Å²) in [4.78, 5) is 0. The lowest BCUT2D eigenvalue weighted by Gasteiger charge is -2.37. The summed E-state index contributed by atoms with van der Waals surface area (Å²) in [6.45, 7) is -0.408. The van der Waals surface area contributed by atoms with E-state index < -0.39 is 36.6 Å². The lowest BCUT2D eigenvalue weighted by Crippen LogP contribution is -2.56. The van der Waals surface area contributed by atoms with Crippen LogP contribution in [0.4, 0.5) is 0 Å². The first-order valence-electron chi connectivity index (χ1n) is 3.52. The van der Waals surface area contributed by atoms with E-state index in [0.29, 0.717) is 0 Å². The highest BCUT2D eigenvalue weighted by atomic mass is 35.5. The molecular formula is C6H11ClO5. The van der Waals surface area contributed by atoms with E-state index in [0.717, 1.165) is 0 Å². The second-order valence-electron chi connectivity index (χ2n) is 2.67. The summed E-state index contributed by atoms with van der Waals surface area (Å²) in [5, 5.41) is 35.0. The summed E-state index contributed by atoms with van der Waals surface area (Å²) < 4.78 is 4.69. The summed E-state index contributed by atoms with van der Waals surface area (Å²) >= 11 is 5.59. The third-order valence-electron chi connectivity index (χ3n) is 1.82. The zero-order valence-electron chi connectivity index (χ0n) is 6.17. The SMILES string of the molecule is OC[C@H]1OC(O)[C@H](O)[C@H](O)[C@H]1Cl. The Morgan fingerprint density at radius 3 is 2.25 bits per heavy atom. The number of aliphatic hydroxyl groups is 4. The molecular weight excluding hydrogens is 188 g/mol. The van der Waals surface area contributed by atoms with Crippen LogP contribution in [-0.2, 0) is 4.74 Å². The molecule has 5 atom stereocenters. The Bertz CT molecular complexity index is 150. The van der Waals surface area contributed by atoms with E-state index in [2.05, 4.69) is 0 Å². The number of hydrogen-bond donors (Lipinski definition) is 4. The normalized spacial score (nSPS) is 49.2. The van der Waals surface area contributed by atoms with Gasteiger partial charge in [0, 0.05) is 0 Å². The minimum absolute atomic E-state index is 0.408. The van der Waals surface area contributed by atoms with E-state index in [1.54, 1.807) is 0 Å². The van der Waals surface area contributed by atoms with Crippen molar-refractivity contribution < 1.29 is 25.2 Å². The molecule has 0 aromatic heterocycles. The lowest BCUT2D eigenvalue weighted by atomic mass is 10.0. The molecule has 6 heteroatoms. The Labute approximate surface area is 74.2 Å². The molecule has 1 aliphatic heterocycles. The third-order valence-corrected chi connectivity index (χ3v) is 2.36. The smallest absolute Gasteiger partial charge is 0.183 e. The van der Waals surface area contributed by atoms with Gasteiger partial charge in [-0.15, -0.1) is 11.6 Å². The fourth-order valence-corrected chi connectivity index (χ4v) is 1.34. The van der Waals surface area contributed by atoms with Gasteiger partial charge in [0.05, 0.1) is 12.0 Å². The Hall–Kier alpha value is 0.0900. The molecule has 1 aliphatic rings. The van der Waals surface area contributed by atoms with Crippen LogP contribution in [0.15, 0.2) is 0 Å². The fraction of sp³-hybridized carbons (Fsp3) is 1.00. The van der Waals surface area contributed by atoms with Crippen molar-refractivity contribution in [1.29, 1.82) is 0 Å². The minimum atomic E-state index is -1.49. The molecule has 0 bridgehead atoms. The van der Waals surface area contributed by atoms with Gasteiger partial charge in [-0.2, -0.15) is 0 Å². The first kappa shape index (κ1) is 10.2. The molecule has 72 valence electrons. The minimum Gasteiger partial charge on any atom is -0.394 e. The summed E-state index contributed by atoms with van der Waals surface area (Å²) in [5.41, 5.74) is 0. The second kappa shape index (κ2) is 3.87. The van der Waals surface area contributed by atoms with Crippen LogP contribution in [0.25, 0.3) is 0 Å². The predicted octanol–water partition coefficient (Wildman–Crippen LogP) is -1.97. The van der Waals surface area contributed by atoms with Crippen LogP contribution in [0.2, 0.25) is 0 Å². The largest absolute Gasteiger partial charge is 0.394 e. The van der Waals surface area contributed by atoms with Gasteiger partial charge in [0.15, 0.2) is 6.29 Å². The highest BCUT2D eigenvalue weighted by molar-refractivity contribution is 6.21. The van der Waals surface area contributed by atoms with Crippen LogP contribution in [0.5, 0.6) is 0 Å². The maximum absolute atomic E-state index is 9.19. The van der Waals surface area contributed by atoms with Gasteiger partial charge in [-0.1, -0.05) is 0 Å². The van der Waals surface area contributed by atoms with Crippen molar-refractivity contribution in [2.24, 2.45) is 0 Å². The molecule has 4 N–H and O–H groups in total. The number of rotatable bonds is 1. The maximum atomic E-state index is 9.19. The van der Waals surface area contributed by atoms with Crippen molar-refractivity contribution in [2.45, 2.75) is 30.0 Å². The van der Waals surface area contributed by atoms with Crippen molar-refractivity contribution in [2.75, 3.05) is 6.61 Å². The van der Waals surface area contributed by atoms with Gasteiger partial charge in [-0.25, -0.2) is 0 Å². The molecule has 0 radical (unpaired) electrons. The molecule has 0 spiro atoms. The van der Waals surface area contributed by atoms with Gasteiger partial charge in [0.25, 0.3) is 0 Å². The van der Waals surface area contributed by atoms with Crippen LogP contribution < -0.4 is 0 Å². The molecule has 5 nitrogen and oxygen atoms in total. The van der Waals surface area contributed by atoms with Crippen molar-refractivity contribution in [3.8, 4) is 0 Å². The molecule has 1 fully saturated rings. The van der Waals surface area contributed by atoms with Gasteiger partial charge >= 0.3 is 0 Å².